The summed E-state index contributed by atoms with van der Waals surface area (Å²) in [7, 11) is -3.91. The minimum absolute atomic E-state index is 0.00200. The van der Waals surface area contributed by atoms with Crippen LogP contribution in [0.2, 0.25) is 0 Å². The topological polar surface area (TPSA) is 82.1 Å². The second-order valence-electron chi connectivity index (χ2n) is 11.1. The number of hydrogen-bond donors (Lipinski definition) is 0. The average molecular weight is 610 g/mol. The van der Waals surface area contributed by atoms with Gasteiger partial charge in [0.15, 0.2) is 0 Å². The summed E-state index contributed by atoms with van der Waals surface area (Å²) in [6.07, 6.45) is 3.12. The summed E-state index contributed by atoms with van der Waals surface area (Å²) in [6, 6.07) is 26.6. The first-order chi connectivity index (χ1) is 20.8. The van der Waals surface area contributed by atoms with Crippen molar-refractivity contribution in [2.24, 2.45) is 5.41 Å². The van der Waals surface area contributed by atoms with Crippen LogP contribution in [0.25, 0.3) is 0 Å². The van der Waals surface area contributed by atoms with Crippen LogP contribution in [0, 0.1) is 12.3 Å². The second-order valence-corrected chi connectivity index (χ2v) is 12.7. The molecular weight excluding hydrogens is 562 g/mol. The van der Waals surface area contributed by atoms with Crippen molar-refractivity contribution in [2.75, 3.05) is 32.9 Å². The van der Waals surface area contributed by atoms with E-state index in [1.807, 2.05) is 86.3 Å². The lowest BCUT2D eigenvalue weighted by molar-refractivity contribution is -0.131. The minimum atomic E-state index is -3.91. The fourth-order valence-corrected chi connectivity index (χ4v) is 5.93. The Hall–Kier alpha value is -3.04. The zero-order chi connectivity index (χ0) is 31.0. The Morgan fingerprint density at radius 1 is 0.744 bits per heavy atom. The molecule has 7 nitrogen and oxygen atoms in total. The van der Waals surface area contributed by atoms with Gasteiger partial charge < -0.3 is 14.4 Å². The highest BCUT2D eigenvalue weighted by Gasteiger charge is 2.32. The zero-order valence-corrected chi connectivity index (χ0v) is 26.7. The molecule has 0 atom stereocenters. The molecule has 0 spiro atoms. The van der Waals surface area contributed by atoms with Gasteiger partial charge in [0.05, 0.1) is 37.9 Å². The summed E-state index contributed by atoms with van der Waals surface area (Å²) >= 11 is 0. The van der Waals surface area contributed by atoms with Crippen LogP contribution < -0.4 is 0 Å². The van der Waals surface area contributed by atoms with Gasteiger partial charge in [0.2, 0.25) is 5.91 Å². The molecule has 0 saturated carbocycles. The minimum Gasteiger partial charge on any atom is -0.376 e. The summed E-state index contributed by atoms with van der Waals surface area (Å²) in [5, 5.41) is 0. The summed E-state index contributed by atoms with van der Waals surface area (Å²) in [5.41, 5.74) is 2.59. The number of amides is 1. The fourth-order valence-electron chi connectivity index (χ4n) is 5.03. The molecule has 0 N–H and O–H groups in total. The lowest BCUT2D eigenvalue weighted by Gasteiger charge is -2.34. The molecule has 0 heterocycles. The first kappa shape index (κ1) is 34.5. The Kier molecular flexibility index (Phi) is 14.4. The number of benzene rings is 3. The molecule has 0 aliphatic heterocycles. The second kappa shape index (κ2) is 17.9. The average Bonchev–Trinajstić information content (AvgIpc) is 3.01. The molecule has 3 rings (SSSR count). The van der Waals surface area contributed by atoms with Crippen molar-refractivity contribution >= 4 is 16.0 Å². The van der Waals surface area contributed by atoms with Crippen molar-refractivity contribution in [3.8, 4) is 0 Å². The summed E-state index contributed by atoms with van der Waals surface area (Å²) < 4.78 is 44.0. The molecule has 0 bridgehead atoms. The Bertz CT molecular complexity index is 1260. The van der Waals surface area contributed by atoms with Crippen molar-refractivity contribution in [1.82, 2.24) is 4.90 Å². The number of carbonyl (C=O) groups excluding carboxylic acids is 1. The molecule has 8 heteroatoms. The highest BCUT2D eigenvalue weighted by molar-refractivity contribution is 7.86. The molecule has 0 aromatic heterocycles. The maximum absolute atomic E-state index is 13.0. The first-order valence-electron chi connectivity index (χ1n) is 15.2. The van der Waals surface area contributed by atoms with E-state index in [1.54, 1.807) is 24.3 Å². The van der Waals surface area contributed by atoms with Gasteiger partial charge in [-0.1, -0.05) is 84.8 Å². The molecule has 43 heavy (non-hydrogen) atoms. The van der Waals surface area contributed by atoms with E-state index in [4.69, 9.17) is 13.7 Å². The Morgan fingerprint density at radius 3 is 1.79 bits per heavy atom. The number of aryl methyl sites for hydroxylation is 1. The quantitative estimate of drug-likeness (QED) is 0.102. The molecule has 0 radical (unpaired) electrons. The summed E-state index contributed by atoms with van der Waals surface area (Å²) in [5.74, 6) is 0.156. The molecule has 3 aromatic carbocycles. The number of ether oxygens (including phenoxy) is 2. The summed E-state index contributed by atoms with van der Waals surface area (Å²) in [4.78, 5) is 14.6. The molecule has 0 fully saturated rings. The van der Waals surface area contributed by atoms with Gasteiger partial charge in [-0.05, 0) is 63.3 Å². The van der Waals surface area contributed by atoms with Crippen LogP contribution in [0.4, 0.5) is 0 Å². The van der Waals surface area contributed by atoms with Gasteiger partial charge >= 0.3 is 0 Å². The standard InChI is InChI=1S/C35H47NO6S/c1-4-36(5-2)34(37)18-12-13-23-35(28-40-26-31-14-8-6-9-15-31,29-41-27-32-16-10-7-11-17-32)24-25-42-43(38,39)33-21-19-30(3)20-22-33/h6-11,14-17,19-22H,4-5,12-13,18,23-29H2,1-3H3. The number of carbonyl (C=O) groups is 1. The highest BCUT2D eigenvalue weighted by atomic mass is 32.2. The molecule has 1 amide bonds. The van der Waals surface area contributed by atoms with Gasteiger partial charge in [0.25, 0.3) is 10.1 Å². The van der Waals surface area contributed by atoms with E-state index in [0.717, 1.165) is 29.5 Å². The molecule has 3 aromatic rings. The number of rotatable bonds is 20. The van der Waals surface area contributed by atoms with Gasteiger partial charge in [-0.15, -0.1) is 0 Å². The van der Waals surface area contributed by atoms with E-state index >= 15 is 0 Å². The van der Waals surface area contributed by atoms with Gasteiger partial charge in [-0.3, -0.25) is 8.98 Å². The number of unbranched alkanes of at least 4 members (excludes halogenated alkanes) is 1. The largest absolute Gasteiger partial charge is 0.376 e. The van der Waals surface area contributed by atoms with Crippen LogP contribution in [0.5, 0.6) is 0 Å². The zero-order valence-electron chi connectivity index (χ0n) is 25.9. The van der Waals surface area contributed by atoms with Crippen molar-refractivity contribution in [3.05, 3.63) is 102 Å². The van der Waals surface area contributed by atoms with Crippen LogP contribution in [-0.4, -0.2) is 52.1 Å². The molecule has 234 valence electrons. The van der Waals surface area contributed by atoms with Crippen molar-refractivity contribution < 1.29 is 26.9 Å². The van der Waals surface area contributed by atoms with Crippen molar-refractivity contribution in [1.29, 1.82) is 0 Å². The van der Waals surface area contributed by atoms with Gasteiger partial charge in [0, 0.05) is 24.9 Å². The molecule has 0 saturated heterocycles. The van der Waals surface area contributed by atoms with E-state index in [2.05, 4.69) is 0 Å². The Labute approximate surface area is 258 Å². The SMILES string of the molecule is CCN(CC)C(=O)CCCCC(CCOS(=O)(=O)c1ccc(C)cc1)(COCc1ccccc1)COCc1ccccc1. The predicted octanol–water partition coefficient (Wildman–Crippen LogP) is 6.94. The van der Waals surface area contributed by atoms with Crippen molar-refractivity contribution in [3.63, 3.8) is 0 Å². The third-order valence-corrected chi connectivity index (χ3v) is 9.01. The fraction of sp³-hybridized carbons (Fsp3) is 0.457. The van der Waals surface area contributed by atoms with E-state index < -0.39 is 15.5 Å². The molecular formula is C35H47NO6S. The molecule has 0 aliphatic carbocycles. The van der Waals surface area contributed by atoms with E-state index in [0.29, 0.717) is 58.8 Å². The number of nitrogens with zero attached hydrogens (tertiary/aromatic N) is 1. The van der Waals surface area contributed by atoms with Crippen LogP contribution in [-0.2, 0) is 41.8 Å². The van der Waals surface area contributed by atoms with Gasteiger partial charge in [-0.2, -0.15) is 8.42 Å². The monoisotopic (exact) mass is 609 g/mol. The van der Waals surface area contributed by atoms with Gasteiger partial charge in [-0.25, -0.2) is 0 Å². The predicted molar refractivity (Wildman–Crippen MR) is 170 cm³/mol. The lowest BCUT2D eigenvalue weighted by Crippen LogP contribution is -2.35. The third-order valence-electron chi connectivity index (χ3n) is 7.68. The van der Waals surface area contributed by atoms with Crippen LogP contribution in [0.3, 0.4) is 0 Å². The van der Waals surface area contributed by atoms with Crippen molar-refractivity contribution in [2.45, 2.75) is 71.0 Å². The van der Waals surface area contributed by atoms with Crippen LogP contribution >= 0.6 is 0 Å². The lowest BCUT2D eigenvalue weighted by atomic mass is 9.81. The van der Waals surface area contributed by atoms with Crippen LogP contribution in [0.15, 0.2) is 89.8 Å². The van der Waals surface area contributed by atoms with E-state index in [9.17, 15) is 13.2 Å². The number of hydrogen-bond acceptors (Lipinski definition) is 6. The normalized spacial score (nSPS) is 11.9. The summed E-state index contributed by atoms with van der Waals surface area (Å²) in [6.45, 7) is 8.90. The smallest absolute Gasteiger partial charge is 0.296 e. The molecule has 0 unspecified atom stereocenters. The Balaban J connectivity index is 1.74. The molecule has 0 aliphatic rings. The highest BCUT2D eigenvalue weighted by Crippen LogP contribution is 2.32. The van der Waals surface area contributed by atoms with Gasteiger partial charge in [0.1, 0.15) is 0 Å². The van der Waals surface area contributed by atoms with Crippen LogP contribution in [0.1, 0.15) is 62.6 Å². The first-order valence-corrected chi connectivity index (χ1v) is 16.6. The maximum atomic E-state index is 13.0. The third kappa shape index (κ3) is 11.9. The van der Waals surface area contributed by atoms with E-state index in [1.165, 1.54) is 0 Å². The van der Waals surface area contributed by atoms with E-state index in [-0.39, 0.29) is 17.4 Å². The Morgan fingerprint density at radius 2 is 1.28 bits per heavy atom. The maximum Gasteiger partial charge on any atom is 0.296 e.